The van der Waals surface area contributed by atoms with Gasteiger partial charge in [-0.05, 0) is 50.2 Å². The van der Waals surface area contributed by atoms with E-state index in [1.165, 1.54) is 0 Å². The largest absolute Gasteiger partial charge is 0.462 e. The molecule has 6 heteroatoms. The molecule has 0 heterocycles. The van der Waals surface area contributed by atoms with Crippen LogP contribution in [0.5, 0.6) is 0 Å². The lowest BCUT2D eigenvalue weighted by Crippen LogP contribution is -2.30. The van der Waals surface area contributed by atoms with Crippen molar-refractivity contribution in [2.45, 2.75) is 25.8 Å². The van der Waals surface area contributed by atoms with E-state index < -0.39 is 5.97 Å². The second-order valence-electron chi connectivity index (χ2n) is 4.29. The Bertz CT molecular complexity index is 503. The molecule has 0 atom stereocenters. The highest BCUT2D eigenvalue weighted by Crippen LogP contribution is 2.22. The van der Waals surface area contributed by atoms with Crippen LogP contribution in [-0.2, 0) is 4.74 Å². The summed E-state index contributed by atoms with van der Waals surface area (Å²) in [7, 11) is 0. The van der Waals surface area contributed by atoms with Crippen LogP contribution < -0.4 is 10.6 Å². The molecule has 0 aromatic heterocycles. The first kappa shape index (κ1) is 14.1. The first-order chi connectivity index (χ1) is 9.10. The molecule has 0 aliphatic heterocycles. The maximum Gasteiger partial charge on any atom is 0.339 e. The van der Waals surface area contributed by atoms with Gasteiger partial charge in [-0.15, -0.1) is 0 Å². The average Bonchev–Trinajstić information content (AvgIpc) is 3.13. The standard InChI is InChI=1S/C13H15ClN2O2S/c1-2-18-12(17)10-6-5-9(7-11(10)14)16-13(19)15-8-3-4-8/h5-8H,2-4H2,1H3,(H2,15,16,19). The van der Waals surface area contributed by atoms with Gasteiger partial charge in [0.25, 0.3) is 0 Å². The third-order valence-corrected chi connectivity index (χ3v) is 3.17. The Kier molecular flexibility index (Phi) is 4.61. The number of benzene rings is 1. The van der Waals surface area contributed by atoms with Crippen molar-refractivity contribution < 1.29 is 9.53 Å². The minimum absolute atomic E-state index is 0.324. The summed E-state index contributed by atoms with van der Waals surface area (Å²) in [6.45, 7) is 2.08. The fourth-order valence-corrected chi connectivity index (χ4v) is 2.09. The monoisotopic (exact) mass is 298 g/mol. The Morgan fingerprint density at radius 1 is 1.53 bits per heavy atom. The number of esters is 1. The molecule has 2 N–H and O–H groups in total. The highest BCUT2D eigenvalue weighted by Gasteiger charge is 2.21. The Balaban J connectivity index is 2.01. The van der Waals surface area contributed by atoms with Crippen molar-refractivity contribution in [3.05, 3.63) is 28.8 Å². The summed E-state index contributed by atoms with van der Waals surface area (Å²) in [4.78, 5) is 11.6. The van der Waals surface area contributed by atoms with Gasteiger partial charge in [-0.25, -0.2) is 4.79 Å². The molecule has 0 saturated heterocycles. The van der Waals surface area contributed by atoms with Crippen molar-refractivity contribution in [1.29, 1.82) is 0 Å². The van der Waals surface area contributed by atoms with Crippen LogP contribution in [0, 0.1) is 0 Å². The van der Waals surface area contributed by atoms with E-state index in [0.29, 0.717) is 28.3 Å². The number of hydrogen-bond acceptors (Lipinski definition) is 3. The SMILES string of the molecule is CCOC(=O)c1ccc(NC(=S)NC2CC2)cc1Cl. The van der Waals surface area contributed by atoms with Gasteiger partial charge in [0.1, 0.15) is 0 Å². The van der Waals surface area contributed by atoms with Gasteiger partial charge in [0, 0.05) is 11.7 Å². The van der Waals surface area contributed by atoms with Crippen LogP contribution in [0.4, 0.5) is 5.69 Å². The zero-order chi connectivity index (χ0) is 13.8. The zero-order valence-electron chi connectivity index (χ0n) is 10.5. The number of halogens is 1. The van der Waals surface area contributed by atoms with Crippen LogP contribution in [-0.4, -0.2) is 23.7 Å². The maximum absolute atomic E-state index is 11.6. The van der Waals surface area contributed by atoms with Crippen LogP contribution in [0.15, 0.2) is 18.2 Å². The number of thiocarbonyl (C=S) groups is 1. The lowest BCUT2D eigenvalue weighted by Gasteiger charge is -2.11. The normalized spacial score (nSPS) is 13.8. The number of hydrogen-bond donors (Lipinski definition) is 2. The molecular weight excluding hydrogens is 284 g/mol. The predicted octanol–water partition coefficient (Wildman–Crippen LogP) is 2.97. The molecular formula is C13H15ClN2O2S. The van der Waals surface area contributed by atoms with Crippen LogP contribution in [0.3, 0.4) is 0 Å². The van der Waals surface area contributed by atoms with E-state index in [4.69, 9.17) is 28.6 Å². The summed E-state index contributed by atoms with van der Waals surface area (Å²) in [6, 6.07) is 5.53. The lowest BCUT2D eigenvalue weighted by atomic mass is 10.2. The molecule has 0 bridgehead atoms. The lowest BCUT2D eigenvalue weighted by molar-refractivity contribution is 0.0526. The van der Waals surface area contributed by atoms with Crippen LogP contribution >= 0.6 is 23.8 Å². The maximum atomic E-state index is 11.6. The highest BCUT2D eigenvalue weighted by molar-refractivity contribution is 7.80. The molecule has 1 fully saturated rings. The fraction of sp³-hybridized carbons (Fsp3) is 0.385. The number of nitrogens with one attached hydrogen (secondary N) is 2. The molecule has 0 unspecified atom stereocenters. The molecule has 1 saturated carbocycles. The summed E-state index contributed by atoms with van der Waals surface area (Å²) in [5, 5.41) is 7.12. The molecule has 0 amide bonds. The summed E-state index contributed by atoms with van der Waals surface area (Å²) in [5.41, 5.74) is 1.10. The molecule has 0 radical (unpaired) electrons. The topological polar surface area (TPSA) is 50.4 Å². The second kappa shape index (κ2) is 6.21. The van der Waals surface area contributed by atoms with E-state index in [9.17, 15) is 4.79 Å². The van der Waals surface area contributed by atoms with Crippen molar-refractivity contribution in [3.63, 3.8) is 0 Å². The smallest absolute Gasteiger partial charge is 0.339 e. The van der Waals surface area contributed by atoms with Gasteiger partial charge >= 0.3 is 5.97 Å². The molecule has 102 valence electrons. The Morgan fingerprint density at radius 2 is 2.26 bits per heavy atom. The summed E-state index contributed by atoms with van der Waals surface area (Å²) >= 11 is 11.2. The van der Waals surface area contributed by atoms with Crippen LogP contribution in [0.25, 0.3) is 0 Å². The summed E-state index contributed by atoms with van der Waals surface area (Å²) < 4.78 is 4.91. The molecule has 0 spiro atoms. The van der Waals surface area contributed by atoms with Gasteiger partial charge in [0.05, 0.1) is 17.2 Å². The van der Waals surface area contributed by atoms with E-state index >= 15 is 0 Å². The quantitative estimate of drug-likeness (QED) is 0.661. The Labute approximate surface area is 122 Å². The molecule has 2 rings (SSSR count). The third kappa shape index (κ3) is 4.08. The average molecular weight is 299 g/mol. The minimum Gasteiger partial charge on any atom is -0.462 e. The molecule has 1 aromatic rings. The van der Waals surface area contributed by atoms with E-state index in [1.54, 1.807) is 25.1 Å². The molecule has 1 aromatic carbocycles. The zero-order valence-corrected chi connectivity index (χ0v) is 12.1. The fourth-order valence-electron chi connectivity index (χ4n) is 1.55. The molecule has 1 aliphatic carbocycles. The van der Waals surface area contributed by atoms with Gasteiger partial charge < -0.3 is 15.4 Å². The van der Waals surface area contributed by atoms with Crippen molar-refractivity contribution in [1.82, 2.24) is 5.32 Å². The van der Waals surface area contributed by atoms with Gasteiger partial charge in [-0.1, -0.05) is 11.6 Å². The molecule has 19 heavy (non-hydrogen) atoms. The first-order valence-electron chi connectivity index (χ1n) is 6.14. The number of carbonyl (C=O) groups is 1. The van der Waals surface area contributed by atoms with Gasteiger partial charge in [-0.3, -0.25) is 0 Å². The predicted molar refractivity (Wildman–Crippen MR) is 79.8 cm³/mol. The number of carbonyl (C=O) groups excluding carboxylic acids is 1. The van der Waals surface area contributed by atoms with E-state index in [0.717, 1.165) is 18.5 Å². The summed E-state index contributed by atoms with van der Waals surface area (Å²) in [5.74, 6) is -0.419. The van der Waals surface area contributed by atoms with Crippen LogP contribution in [0.2, 0.25) is 5.02 Å². The number of ether oxygens (including phenoxy) is 1. The number of rotatable bonds is 4. The van der Waals surface area contributed by atoms with Crippen molar-refractivity contribution in [2.75, 3.05) is 11.9 Å². The molecule has 1 aliphatic rings. The van der Waals surface area contributed by atoms with Gasteiger partial charge in [0.2, 0.25) is 0 Å². The Morgan fingerprint density at radius 3 is 2.84 bits per heavy atom. The van der Waals surface area contributed by atoms with E-state index in [1.807, 2.05) is 0 Å². The number of anilines is 1. The van der Waals surface area contributed by atoms with Crippen molar-refractivity contribution in [3.8, 4) is 0 Å². The second-order valence-corrected chi connectivity index (χ2v) is 5.10. The highest BCUT2D eigenvalue weighted by atomic mass is 35.5. The van der Waals surface area contributed by atoms with Gasteiger partial charge in [-0.2, -0.15) is 0 Å². The van der Waals surface area contributed by atoms with Crippen molar-refractivity contribution >= 4 is 40.6 Å². The minimum atomic E-state index is -0.419. The van der Waals surface area contributed by atoms with Crippen molar-refractivity contribution in [2.24, 2.45) is 0 Å². The Hall–Kier alpha value is -1.33. The van der Waals surface area contributed by atoms with E-state index in [-0.39, 0.29) is 0 Å². The van der Waals surface area contributed by atoms with Crippen LogP contribution in [0.1, 0.15) is 30.1 Å². The third-order valence-electron chi connectivity index (χ3n) is 2.63. The van der Waals surface area contributed by atoms with E-state index in [2.05, 4.69) is 10.6 Å². The van der Waals surface area contributed by atoms with Gasteiger partial charge in [0.15, 0.2) is 5.11 Å². The first-order valence-corrected chi connectivity index (χ1v) is 6.93. The summed E-state index contributed by atoms with van der Waals surface area (Å²) in [6.07, 6.45) is 2.31. The molecule has 4 nitrogen and oxygen atoms in total.